The largest absolute Gasteiger partial charge is 0.249 e. The van der Waals surface area contributed by atoms with Gasteiger partial charge in [0.25, 0.3) is 0 Å². The zero-order chi connectivity index (χ0) is 11.1. The molecule has 0 nitrogen and oxygen atoms in total. The van der Waals surface area contributed by atoms with Crippen LogP contribution in [0.25, 0.3) is 0 Å². The van der Waals surface area contributed by atoms with E-state index in [9.17, 15) is 0 Å². The minimum atomic E-state index is -0.340. The molecule has 0 aromatic carbocycles. The minimum Gasteiger partial charge on any atom is -0.249 e. The fraction of sp³-hybridized carbons (Fsp3) is 0.714. The van der Waals surface area contributed by atoms with Crippen LogP contribution in [0.1, 0.15) is 13.3 Å². The van der Waals surface area contributed by atoms with Crippen molar-refractivity contribution in [1.82, 2.24) is 0 Å². The molecule has 2 aliphatic rings. The van der Waals surface area contributed by atoms with Gasteiger partial charge in [0, 0.05) is 0 Å². The Bertz CT molecular complexity index is 282. The van der Waals surface area contributed by atoms with Crippen LogP contribution in [0.3, 0.4) is 0 Å². The maximum Gasteiger partial charge on any atom is -0.0129 e. The average Bonchev–Trinajstić information content (AvgIpc) is 2.42. The van der Waals surface area contributed by atoms with Crippen LogP contribution < -0.4 is 0 Å². The quantitative estimate of drug-likeness (QED) is 0.671. The average molecular weight is 224 g/mol. The van der Waals surface area contributed by atoms with Crippen LogP contribution in [0.5, 0.6) is 0 Å². The molecular formula is C14H24S. The van der Waals surface area contributed by atoms with Crippen LogP contribution in [0.2, 0.25) is 0 Å². The number of allylic oxidation sites excluding steroid dienone is 4. The molecule has 0 saturated heterocycles. The monoisotopic (exact) mass is 224 g/mol. The maximum absolute atomic E-state index is 2.46. The smallest absolute Gasteiger partial charge is 0.0129 e. The summed E-state index contributed by atoms with van der Waals surface area (Å²) in [7, 11) is -0.340. The van der Waals surface area contributed by atoms with Crippen molar-refractivity contribution in [3.8, 4) is 0 Å². The third kappa shape index (κ3) is 2.50. The Kier molecular flexibility index (Phi) is 3.03. The van der Waals surface area contributed by atoms with Crippen LogP contribution in [0.15, 0.2) is 24.3 Å². The van der Waals surface area contributed by atoms with Crippen molar-refractivity contribution in [1.29, 1.82) is 0 Å². The topological polar surface area (TPSA) is 0 Å². The van der Waals surface area contributed by atoms with Crippen molar-refractivity contribution < 1.29 is 0 Å². The van der Waals surface area contributed by atoms with Gasteiger partial charge in [-0.25, -0.2) is 10.0 Å². The predicted molar refractivity (Wildman–Crippen MR) is 72.8 cm³/mol. The van der Waals surface area contributed by atoms with Gasteiger partial charge in [-0.2, -0.15) is 0 Å². The van der Waals surface area contributed by atoms with Crippen molar-refractivity contribution in [2.24, 2.45) is 23.7 Å². The van der Waals surface area contributed by atoms with E-state index in [0.29, 0.717) is 0 Å². The Morgan fingerprint density at radius 1 is 1.07 bits per heavy atom. The molecule has 1 fully saturated rings. The first-order valence-electron chi connectivity index (χ1n) is 5.98. The van der Waals surface area contributed by atoms with Crippen LogP contribution in [-0.2, 0) is 0 Å². The van der Waals surface area contributed by atoms with E-state index in [1.54, 1.807) is 0 Å². The summed E-state index contributed by atoms with van der Waals surface area (Å²) in [6.45, 7) is 2.43. The molecule has 2 rings (SSSR count). The highest BCUT2D eigenvalue weighted by Gasteiger charge is 2.39. The highest BCUT2D eigenvalue weighted by atomic mass is 32.3. The molecule has 15 heavy (non-hydrogen) atoms. The Morgan fingerprint density at radius 3 is 2.27 bits per heavy atom. The standard InChI is InChI=1S/C14H24S/c1-11-9-12(10-15(2,3)4)14-8-6-5-7-13(11)14/h5-8,11-14H,9-10H2,1-4H3. The first kappa shape index (κ1) is 11.3. The lowest BCUT2D eigenvalue weighted by Crippen LogP contribution is -2.19. The van der Waals surface area contributed by atoms with E-state index in [1.807, 2.05) is 0 Å². The molecule has 86 valence electrons. The van der Waals surface area contributed by atoms with Gasteiger partial charge in [-0.15, -0.1) is 0 Å². The first-order valence-corrected chi connectivity index (χ1v) is 9.01. The lowest BCUT2D eigenvalue weighted by Gasteiger charge is -2.32. The Morgan fingerprint density at radius 2 is 1.67 bits per heavy atom. The second-order valence-corrected chi connectivity index (χ2v) is 10.7. The molecule has 0 aromatic heterocycles. The van der Waals surface area contributed by atoms with Crippen molar-refractivity contribution in [3.05, 3.63) is 24.3 Å². The van der Waals surface area contributed by atoms with E-state index in [2.05, 4.69) is 50.0 Å². The number of hydrogen-bond acceptors (Lipinski definition) is 0. The summed E-state index contributed by atoms with van der Waals surface area (Å²) < 4.78 is 0. The summed E-state index contributed by atoms with van der Waals surface area (Å²) in [6, 6.07) is 0. The van der Waals surface area contributed by atoms with Crippen LogP contribution in [0, 0.1) is 23.7 Å². The molecule has 2 aliphatic carbocycles. The maximum atomic E-state index is 2.46. The van der Waals surface area contributed by atoms with E-state index < -0.39 is 0 Å². The first-order chi connectivity index (χ1) is 6.97. The van der Waals surface area contributed by atoms with Crippen molar-refractivity contribution in [2.75, 3.05) is 24.5 Å². The second-order valence-electron chi connectivity index (χ2n) is 6.16. The second kappa shape index (κ2) is 4.01. The zero-order valence-corrected chi connectivity index (χ0v) is 11.3. The molecule has 0 bridgehead atoms. The molecular weight excluding hydrogens is 200 g/mol. The number of hydrogen-bond donors (Lipinski definition) is 0. The molecule has 0 heterocycles. The molecule has 0 radical (unpaired) electrons. The predicted octanol–water partition coefficient (Wildman–Crippen LogP) is 3.69. The fourth-order valence-electron chi connectivity index (χ4n) is 3.30. The van der Waals surface area contributed by atoms with Crippen LogP contribution in [0.4, 0.5) is 0 Å². The van der Waals surface area contributed by atoms with Crippen LogP contribution >= 0.6 is 10.0 Å². The van der Waals surface area contributed by atoms with E-state index in [4.69, 9.17) is 0 Å². The number of rotatable bonds is 2. The molecule has 0 amide bonds. The Hall–Kier alpha value is -0.170. The minimum absolute atomic E-state index is 0.340. The molecule has 1 heteroatoms. The molecule has 4 unspecified atom stereocenters. The van der Waals surface area contributed by atoms with Gasteiger partial charge in [0.1, 0.15) is 0 Å². The third-order valence-corrected chi connectivity index (χ3v) is 5.24. The van der Waals surface area contributed by atoms with E-state index in [0.717, 1.165) is 23.7 Å². The number of fused-ring (bicyclic) bond motifs is 1. The van der Waals surface area contributed by atoms with Gasteiger partial charge in [0.2, 0.25) is 0 Å². The Balaban J connectivity index is 2.09. The normalized spacial score (nSPS) is 40.5. The van der Waals surface area contributed by atoms with Gasteiger partial charge in [0.05, 0.1) is 0 Å². The molecule has 0 N–H and O–H groups in total. The summed E-state index contributed by atoms with van der Waals surface area (Å²) in [5.41, 5.74) is 0. The van der Waals surface area contributed by atoms with Gasteiger partial charge in [0.15, 0.2) is 0 Å². The van der Waals surface area contributed by atoms with Crippen molar-refractivity contribution >= 4 is 10.0 Å². The van der Waals surface area contributed by atoms with Crippen molar-refractivity contribution in [3.63, 3.8) is 0 Å². The summed E-state index contributed by atoms with van der Waals surface area (Å²) in [5.74, 6) is 4.97. The van der Waals surface area contributed by atoms with Gasteiger partial charge in [-0.3, -0.25) is 0 Å². The van der Waals surface area contributed by atoms with Crippen molar-refractivity contribution in [2.45, 2.75) is 13.3 Å². The van der Waals surface area contributed by atoms with Gasteiger partial charge in [-0.05, 0) is 54.6 Å². The van der Waals surface area contributed by atoms with Crippen LogP contribution in [-0.4, -0.2) is 24.5 Å². The molecule has 4 atom stereocenters. The van der Waals surface area contributed by atoms with Gasteiger partial charge >= 0.3 is 0 Å². The molecule has 0 spiro atoms. The SMILES string of the molecule is CC1CC(CS(C)(C)C)C2C=CC=CC12. The molecule has 1 saturated carbocycles. The summed E-state index contributed by atoms with van der Waals surface area (Å²) in [4.78, 5) is 0. The summed E-state index contributed by atoms with van der Waals surface area (Å²) >= 11 is 0. The molecule has 0 aromatic rings. The lowest BCUT2D eigenvalue weighted by molar-refractivity contribution is 0.429. The highest BCUT2D eigenvalue weighted by Crippen LogP contribution is 2.50. The summed E-state index contributed by atoms with van der Waals surface area (Å²) in [6.07, 6.45) is 18.2. The Labute approximate surface area is 96.2 Å². The van der Waals surface area contributed by atoms with Gasteiger partial charge in [-0.1, -0.05) is 31.2 Å². The zero-order valence-electron chi connectivity index (χ0n) is 10.4. The van der Waals surface area contributed by atoms with E-state index in [-0.39, 0.29) is 10.0 Å². The molecule has 0 aliphatic heterocycles. The van der Waals surface area contributed by atoms with E-state index in [1.165, 1.54) is 12.2 Å². The fourth-order valence-corrected chi connectivity index (χ4v) is 4.94. The third-order valence-electron chi connectivity index (χ3n) is 3.81. The lowest BCUT2D eigenvalue weighted by atomic mass is 9.85. The highest BCUT2D eigenvalue weighted by molar-refractivity contribution is 8.32. The van der Waals surface area contributed by atoms with E-state index >= 15 is 0 Å². The summed E-state index contributed by atoms with van der Waals surface area (Å²) in [5, 5.41) is 0. The van der Waals surface area contributed by atoms with Gasteiger partial charge < -0.3 is 0 Å².